The number of hydrogen-bond acceptors (Lipinski definition) is 2. The summed E-state index contributed by atoms with van der Waals surface area (Å²) in [5.74, 6) is 0. The van der Waals surface area contributed by atoms with Crippen molar-refractivity contribution in [2.75, 3.05) is 0 Å². The first-order chi connectivity index (χ1) is 12.8. The van der Waals surface area contributed by atoms with Crippen molar-refractivity contribution in [2.24, 2.45) is 0 Å². The van der Waals surface area contributed by atoms with E-state index in [0.29, 0.717) is 0 Å². The second-order valence-electron chi connectivity index (χ2n) is 4.52. The second kappa shape index (κ2) is 20.8. The van der Waals surface area contributed by atoms with Crippen LogP contribution < -0.4 is 0 Å². The molecule has 0 aromatic heterocycles. The second-order valence-corrected chi connectivity index (χ2v) is 4.52. The van der Waals surface area contributed by atoms with Crippen LogP contribution in [0.15, 0.2) is 84.9 Å². The van der Waals surface area contributed by atoms with Crippen LogP contribution >= 0.6 is 0 Å². The van der Waals surface area contributed by atoms with Crippen molar-refractivity contribution in [1.82, 2.24) is 0 Å². The smallest absolute Gasteiger partial charge is 0.0809 e. The first-order valence-corrected chi connectivity index (χ1v) is 10.2. The summed E-state index contributed by atoms with van der Waals surface area (Å²) in [4.78, 5) is 16.7. The molecule has 0 fully saturated rings. The normalized spacial score (nSPS) is 7.54. The van der Waals surface area contributed by atoms with E-state index in [-0.39, 0.29) is 27.8 Å². The van der Waals surface area contributed by atoms with Gasteiger partial charge in [0.25, 0.3) is 12.9 Å². The molecule has 2 radical (unpaired) electrons. The minimum absolute atomic E-state index is 0. The zero-order valence-electron chi connectivity index (χ0n) is 15.9. The summed E-state index contributed by atoms with van der Waals surface area (Å²) in [6.07, 6.45) is 0. The van der Waals surface area contributed by atoms with Gasteiger partial charge in [0.2, 0.25) is 0 Å². The summed E-state index contributed by atoms with van der Waals surface area (Å²) in [5.41, 5.74) is 0. The molecule has 28 heavy (non-hydrogen) atoms. The van der Waals surface area contributed by atoms with Crippen molar-refractivity contribution >= 4 is 42.1 Å². The maximum atomic E-state index is 8.36. The van der Waals surface area contributed by atoms with Gasteiger partial charge < -0.3 is 25.1 Å². The summed E-state index contributed by atoms with van der Waals surface area (Å²) in [6, 6.07) is 29.3. The molecule has 0 aliphatic carbocycles. The predicted molar refractivity (Wildman–Crippen MR) is 115 cm³/mol. The molecule has 0 aliphatic rings. The fourth-order valence-corrected chi connectivity index (χ4v) is 2.14. The van der Waals surface area contributed by atoms with E-state index in [0.717, 1.165) is 0 Å². The molecule has 0 heterocycles. The Hall–Kier alpha value is -2.47. The maximum Gasteiger partial charge on any atom is -0.0809 e. The van der Waals surface area contributed by atoms with E-state index in [1.54, 1.807) is 19.2 Å². The van der Waals surface area contributed by atoms with E-state index in [9.17, 15) is 0 Å². The fourth-order valence-electron chi connectivity index (χ4n) is 2.14. The Kier molecular flexibility index (Phi) is 22.5. The van der Waals surface area contributed by atoms with Gasteiger partial charge in [-0.25, -0.2) is 0 Å². The largest absolute Gasteiger partial charge is 0.168 e. The number of fused-ring (bicyclic) bond motifs is 2. The van der Waals surface area contributed by atoms with Gasteiger partial charge in [0.15, 0.2) is 0 Å². The van der Waals surface area contributed by atoms with Crippen molar-refractivity contribution < 1.29 is 39.0 Å². The van der Waals surface area contributed by atoms with Crippen molar-refractivity contribution in [3.05, 3.63) is 99.8 Å². The van der Waals surface area contributed by atoms with Gasteiger partial charge in [-0.15, -0.1) is 59.3 Å². The van der Waals surface area contributed by atoms with E-state index < -0.39 is 0 Å². The third-order valence-electron chi connectivity index (χ3n) is 3.10. The van der Waals surface area contributed by atoms with Crippen LogP contribution in [0.1, 0.15) is 0 Å². The molecule has 6 heteroatoms. The Balaban J connectivity index is -0.000000313. The molecule has 148 valence electrons. The molecule has 0 spiro atoms. The van der Waals surface area contributed by atoms with Crippen molar-refractivity contribution in [3.63, 3.8) is 0 Å². The molecule has 0 amide bonds. The van der Waals surface area contributed by atoms with Crippen LogP contribution in [0.3, 0.4) is 0 Å². The van der Waals surface area contributed by atoms with E-state index in [1.165, 1.54) is 21.5 Å². The summed E-state index contributed by atoms with van der Waals surface area (Å²) < 4.78 is 0. The van der Waals surface area contributed by atoms with Gasteiger partial charge in [-0.1, -0.05) is 12.1 Å². The van der Waals surface area contributed by atoms with E-state index in [1.807, 2.05) is 0 Å². The molecular weight excluding hydrogens is 404 g/mol. The minimum Gasteiger partial charge on any atom is -0.168 e. The number of benzene rings is 2. The molecule has 4 aromatic rings. The van der Waals surface area contributed by atoms with Crippen LogP contribution in [0.25, 0.3) is 21.5 Å². The van der Waals surface area contributed by atoms with Crippen LogP contribution in [-0.2, 0) is 28.8 Å². The number of carbonyl (C=O) groups is 2. The molecule has 0 atom stereocenters. The van der Waals surface area contributed by atoms with Crippen LogP contribution in [0.5, 0.6) is 0 Å². The molecule has 4 aromatic carbocycles. The van der Waals surface area contributed by atoms with Crippen LogP contribution in [0.4, 0.5) is 0 Å². The quantitative estimate of drug-likeness (QED) is 0.234. The third kappa shape index (κ3) is 12.0. The van der Waals surface area contributed by atoms with Gasteiger partial charge in [-0.05, 0) is 0 Å². The molecular formula is C22H24O4SiTi-4. The van der Waals surface area contributed by atoms with Gasteiger partial charge in [0, 0.05) is 0 Å². The molecule has 4 nitrogen and oxygen atoms in total. The fraction of sp³-hybridized carbons (Fsp3) is 0. The van der Waals surface area contributed by atoms with Crippen LogP contribution in [-0.4, -0.2) is 30.8 Å². The topological polar surface area (TPSA) is 74.6 Å². The Bertz CT molecular complexity index is 738. The van der Waals surface area contributed by atoms with Crippen molar-refractivity contribution in [2.45, 2.75) is 0 Å². The standard InChI is InChI=1S/2C9H7.2CH2O2.2CH3.Si.Ti/c2*1-2-5-9-7-3-6-8(9)4-1;2*2-1-3;;;;/h2*1-7H;2*1H,(H,2,3);2*1H3;;/q2*-1;;;2*-1;;. The molecule has 0 saturated heterocycles. The van der Waals surface area contributed by atoms with Gasteiger partial charge in [-0.3, -0.25) is 9.59 Å². The third-order valence-corrected chi connectivity index (χ3v) is 3.10. The SMILES string of the molecule is O=CO.O=CO.[CH3-].[CH3-].[Si]=[Ti].c1ccc2[cH-]ccc2c1.c1ccc2[cH-]ccc2c1. The van der Waals surface area contributed by atoms with E-state index in [4.69, 9.17) is 19.8 Å². The van der Waals surface area contributed by atoms with Gasteiger partial charge in [-0.2, -0.15) is 35.0 Å². The monoisotopic (exact) mass is 428 g/mol. The average molecular weight is 428 g/mol. The molecule has 4 rings (SSSR count). The Morgan fingerprint density at radius 3 is 1.25 bits per heavy atom. The van der Waals surface area contributed by atoms with Crippen molar-refractivity contribution in [1.29, 1.82) is 0 Å². The molecule has 0 saturated carbocycles. The maximum absolute atomic E-state index is 8.36. The number of rotatable bonds is 0. The van der Waals surface area contributed by atoms with Gasteiger partial charge >= 0.3 is 26.8 Å². The predicted octanol–water partition coefficient (Wildman–Crippen LogP) is 5.04. The van der Waals surface area contributed by atoms with E-state index in [2.05, 4.69) is 92.6 Å². The summed E-state index contributed by atoms with van der Waals surface area (Å²) >= 11 is 1.81. The molecule has 0 bridgehead atoms. The van der Waals surface area contributed by atoms with Crippen LogP contribution in [0, 0.1) is 14.9 Å². The Morgan fingerprint density at radius 2 is 0.964 bits per heavy atom. The average Bonchev–Trinajstić information content (AvgIpc) is 3.34. The molecule has 0 unspecified atom stereocenters. The Morgan fingerprint density at radius 1 is 0.679 bits per heavy atom. The van der Waals surface area contributed by atoms with Gasteiger partial charge in [0.05, 0.1) is 0 Å². The first kappa shape index (κ1) is 30.3. The number of carboxylic acid groups (broad SMARTS) is 2. The zero-order chi connectivity index (χ0) is 19.6. The van der Waals surface area contributed by atoms with E-state index >= 15 is 0 Å². The summed E-state index contributed by atoms with van der Waals surface area (Å²) in [6.45, 7) is -0.500. The van der Waals surface area contributed by atoms with Crippen LogP contribution in [0.2, 0.25) is 0 Å². The first-order valence-electron chi connectivity index (χ1n) is 7.38. The summed E-state index contributed by atoms with van der Waals surface area (Å²) in [7, 11) is 2.97. The molecule has 0 aliphatic heterocycles. The zero-order valence-corrected chi connectivity index (χ0v) is 18.5. The summed E-state index contributed by atoms with van der Waals surface area (Å²) in [5, 5.41) is 19.1. The van der Waals surface area contributed by atoms with Crippen molar-refractivity contribution in [3.8, 4) is 0 Å². The number of hydrogen-bond donors (Lipinski definition) is 2. The minimum atomic E-state index is -0.250. The Labute approximate surface area is 180 Å². The van der Waals surface area contributed by atoms with Gasteiger partial charge in [0.1, 0.15) is 0 Å². The molecule has 2 N–H and O–H groups in total.